The van der Waals surface area contributed by atoms with Gasteiger partial charge in [-0.3, -0.25) is 9.78 Å². The van der Waals surface area contributed by atoms with E-state index in [9.17, 15) is 4.79 Å². The Bertz CT molecular complexity index is 502. The van der Waals surface area contributed by atoms with Crippen molar-refractivity contribution in [3.8, 4) is 0 Å². The van der Waals surface area contributed by atoms with Gasteiger partial charge in [0, 0.05) is 4.90 Å². The van der Waals surface area contributed by atoms with Crippen LogP contribution >= 0.6 is 11.8 Å². The Hall–Kier alpha value is -1.88. The molecule has 4 nitrogen and oxygen atoms in total. The maximum Gasteiger partial charge on any atom is 0.268 e. The molecular weight excluding hydrogens is 222 g/mol. The van der Waals surface area contributed by atoms with Gasteiger partial charge in [0.05, 0.1) is 12.4 Å². The number of benzene rings is 1. The van der Waals surface area contributed by atoms with Crippen molar-refractivity contribution in [2.24, 2.45) is 5.73 Å². The van der Waals surface area contributed by atoms with E-state index in [0.717, 1.165) is 4.90 Å². The second-order valence-corrected chi connectivity index (χ2v) is 4.12. The second-order valence-electron chi connectivity index (χ2n) is 3.02. The van der Waals surface area contributed by atoms with E-state index in [1.165, 1.54) is 18.0 Å². The highest BCUT2D eigenvalue weighted by molar-refractivity contribution is 7.99. The third-order valence-electron chi connectivity index (χ3n) is 1.83. The average Bonchev–Trinajstić information content (AvgIpc) is 2.30. The van der Waals surface area contributed by atoms with Crippen molar-refractivity contribution < 1.29 is 4.79 Å². The first-order valence-corrected chi connectivity index (χ1v) is 5.42. The number of primary amides is 1. The lowest BCUT2D eigenvalue weighted by molar-refractivity contribution is 0.0994. The van der Waals surface area contributed by atoms with Crippen LogP contribution in [0.15, 0.2) is 52.6 Å². The van der Waals surface area contributed by atoms with Crippen molar-refractivity contribution in [2.75, 3.05) is 0 Å². The Kier molecular flexibility index (Phi) is 3.16. The van der Waals surface area contributed by atoms with Crippen molar-refractivity contribution in [2.45, 2.75) is 9.92 Å². The minimum atomic E-state index is -0.567. The molecule has 0 spiro atoms. The lowest BCUT2D eigenvalue weighted by atomic mass is 10.4. The number of nitrogens with two attached hydrogens (primary N) is 1. The number of rotatable bonds is 3. The predicted molar refractivity (Wildman–Crippen MR) is 61.1 cm³/mol. The quantitative estimate of drug-likeness (QED) is 0.873. The van der Waals surface area contributed by atoms with E-state index in [4.69, 9.17) is 5.73 Å². The minimum absolute atomic E-state index is 0.181. The summed E-state index contributed by atoms with van der Waals surface area (Å²) < 4.78 is 0. The fourth-order valence-electron chi connectivity index (χ4n) is 1.13. The molecule has 16 heavy (non-hydrogen) atoms. The molecule has 0 saturated carbocycles. The first-order chi connectivity index (χ1) is 7.75. The SMILES string of the molecule is NC(=O)c1cncc(Sc2ccccc2)n1. The van der Waals surface area contributed by atoms with E-state index >= 15 is 0 Å². The molecule has 0 atom stereocenters. The van der Waals surface area contributed by atoms with Gasteiger partial charge in [0.2, 0.25) is 0 Å². The fraction of sp³-hybridized carbons (Fsp3) is 0. The summed E-state index contributed by atoms with van der Waals surface area (Å²) in [6, 6.07) is 9.74. The van der Waals surface area contributed by atoms with Crippen LogP contribution in [0.3, 0.4) is 0 Å². The van der Waals surface area contributed by atoms with Crippen molar-refractivity contribution in [3.63, 3.8) is 0 Å². The van der Waals surface area contributed by atoms with Gasteiger partial charge in [-0.15, -0.1) is 0 Å². The van der Waals surface area contributed by atoms with Crippen molar-refractivity contribution in [3.05, 3.63) is 48.4 Å². The summed E-state index contributed by atoms with van der Waals surface area (Å²) >= 11 is 1.44. The number of amides is 1. The zero-order chi connectivity index (χ0) is 11.4. The highest BCUT2D eigenvalue weighted by atomic mass is 32.2. The molecule has 2 rings (SSSR count). The largest absolute Gasteiger partial charge is 0.364 e. The van der Waals surface area contributed by atoms with Crippen LogP contribution < -0.4 is 5.73 Å². The van der Waals surface area contributed by atoms with Gasteiger partial charge in [-0.1, -0.05) is 30.0 Å². The van der Waals surface area contributed by atoms with E-state index in [1.807, 2.05) is 30.3 Å². The van der Waals surface area contributed by atoms with Crippen LogP contribution in [-0.4, -0.2) is 15.9 Å². The first kappa shape index (κ1) is 10.6. The lowest BCUT2D eigenvalue weighted by Crippen LogP contribution is -2.13. The highest BCUT2D eigenvalue weighted by Gasteiger charge is 2.05. The Morgan fingerprint density at radius 1 is 1.19 bits per heavy atom. The smallest absolute Gasteiger partial charge is 0.268 e. The maximum absolute atomic E-state index is 10.9. The molecule has 1 amide bonds. The third-order valence-corrected chi connectivity index (χ3v) is 2.74. The van der Waals surface area contributed by atoms with Crippen molar-refractivity contribution >= 4 is 17.7 Å². The predicted octanol–water partition coefficient (Wildman–Crippen LogP) is 1.73. The number of hydrogen-bond acceptors (Lipinski definition) is 4. The highest BCUT2D eigenvalue weighted by Crippen LogP contribution is 2.24. The van der Waals surface area contributed by atoms with E-state index in [-0.39, 0.29) is 5.69 Å². The van der Waals surface area contributed by atoms with Crippen LogP contribution in [0, 0.1) is 0 Å². The van der Waals surface area contributed by atoms with Gasteiger partial charge in [-0.05, 0) is 12.1 Å². The van der Waals surface area contributed by atoms with Gasteiger partial charge < -0.3 is 5.73 Å². The van der Waals surface area contributed by atoms with Crippen LogP contribution in [0.5, 0.6) is 0 Å². The number of nitrogens with zero attached hydrogens (tertiary/aromatic N) is 2. The zero-order valence-corrected chi connectivity index (χ0v) is 9.15. The molecule has 0 unspecified atom stereocenters. The van der Waals surface area contributed by atoms with Gasteiger partial charge in [0.1, 0.15) is 10.7 Å². The average molecular weight is 231 g/mol. The summed E-state index contributed by atoms with van der Waals surface area (Å²) in [4.78, 5) is 20.0. The van der Waals surface area contributed by atoms with Crippen LogP contribution in [-0.2, 0) is 0 Å². The summed E-state index contributed by atoms with van der Waals surface area (Å²) in [5, 5.41) is 0.655. The van der Waals surface area contributed by atoms with Crippen LogP contribution in [0.1, 0.15) is 10.5 Å². The van der Waals surface area contributed by atoms with Gasteiger partial charge in [-0.25, -0.2) is 4.98 Å². The minimum Gasteiger partial charge on any atom is -0.364 e. The summed E-state index contributed by atoms with van der Waals surface area (Å²) in [5.74, 6) is -0.567. The number of carbonyl (C=O) groups is 1. The molecule has 0 aliphatic carbocycles. The van der Waals surface area contributed by atoms with E-state index < -0.39 is 5.91 Å². The molecule has 0 fully saturated rings. The van der Waals surface area contributed by atoms with Crippen LogP contribution in [0.2, 0.25) is 0 Å². The summed E-state index contributed by atoms with van der Waals surface area (Å²) in [7, 11) is 0. The van der Waals surface area contributed by atoms with Gasteiger partial charge in [0.25, 0.3) is 5.91 Å². The maximum atomic E-state index is 10.9. The molecule has 1 aromatic heterocycles. The molecule has 0 aliphatic heterocycles. The Balaban J connectivity index is 2.22. The zero-order valence-electron chi connectivity index (χ0n) is 8.33. The molecule has 0 bridgehead atoms. The van der Waals surface area contributed by atoms with E-state index in [1.54, 1.807) is 6.20 Å². The Morgan fingerprint density at radius 2 is 1.94 bits per heavy atom. The first-order valence-electron chi connectivity index (χ1n) is 4.60. The summed E-state index contributed by atoms with van der Waals surface area (Å²) in [6.45, 7) is 0. The van der Waals surface area contributed by atoms with Gasteiger partial charge >= 0.3 is 0 Å². The van der Waals surface area contributed by atoms with Crippen molar-refractivity contribution in [1.29, 1.82) is 0 Å². The lowest BCUT2D eigenvalue weighted by Gasteiger charge is -2.00. The van der Waals surface area contributed by atoms with Gasteiger partial charge in [-0.2, -0.15) is 0 Å². The molecule has 0 radical (unpaired) electrons. The molecular formula is C11H9N3OS. The van der Waals surface area contributed by atoms with E-state index in [0.29, 0.717) is 5.03 Å². The van der Waals surface area contributed by atoms with Crippen molar-refractivity contribution in [1.82, 2.24) is 9.97 Å². The van der Waals surface area contributed by atoms with Crippen LogP contribution in [0.4, 0.5) is 0 Å². The number of hydrogen-bond donors (Lipinski definition) is 1. The molecule has 1 heterocycles. The normalized spacial score (nSPS) is 10.0. The molecule has 2 aromatic rings. The number of aromatic nitrogens is 2. The third kappa shape index (κ3) is 2.58. The van der Waals surface area contributed by atoms with Gasteiger partial charge in [0.15, 0.2) is 0 Å². The fourth-order valence-corrected chi connectivity index (χ4v) is 1.92. The molecule has 1 aromatic carbocycles. The molecule has 0 aliphatic rings. The van der Waals surface area contributed by atoms with Crippen LogP contribution in [0.25, 0.3) is 0 Å². The summed E-state index contributed by atoms with van der Waals surface area (Å²) in [6.07, 6.45) is 2.96. The molecule has 2 N–H and O–H groups in total. The molecule has 5 heteroatoms. The molecule has 80 valence electrons. The topological polar surface area (TPSA) is 68.9 Å². The van der Waals surface area contributed by atoms with E-state index in [2.05, 4.69) is 9.97 Å². The Morgan fingerprint density at radius 3 is 2.62 bits per heavy atom. The second kappa shape index (κ2) is 4.76. The standard InChI is InChI=1S/C11H9N3OS/c12-11(15)9-6-13-7-10(14-9)16-8-4-2-1-3-5-8/h1-7H,(H2,12,15). The monoisotopic (exact) mass is 231 g/mol. The molecule has 0 saturated heterocycles. The number of carbonyl (C=O) groups excluding carboxylic acids is 1. The Labute approximate surface area is 96.9 Å². The summed E-state index contributed by atoms with van der Waals surface area (Å²) in [5.41, 5.74) is 5.31.